The maximum absolute atomic E-state index is 5.56. The van der Waals surface area contributed by atoms with E-state index in [4.69, 9.17) is 15.2 Å². The molecular weight excluding hydrogens is 594 g/mol. The summed E-state index contributed by atoms with van der Waals surface area (Å²) in [6.45, 7) is 23.3. The van der Waals surface area contributed by atoms with Gasteiger partial charge in [-0.15, -0.1) is 12.3 Å². The number of methoxy groups -OCH3 is 1. The summed E-state index contributed by atoms with van der Waals surface area (Å²) in [4.78, 5) is 6.82. The fourth-order valence-corrected chi connectivity index (χ4v) is 5.58. The Morgan fingerprint density at radius 3 is 2.02 bits per heavy atom. The van der Waals surface area contributed by atoms with Crippen molar-refractivity contribution in [3.05, 3.63) is 41.3 Å². The van der Waals surface area contributed by atoms with E-state index in [0.29, 0.717) is 5.84 Å². The van der Waals surface area contributed by atoms with Gasteiger partial charge in [0.15, 0.2) is 5.76 Å². The van der Waals surface area contributed by atoms with Crippen molar-refractivity contribution >= 4 is 17.2 Å². The lowest BCUT2D eigenvalue weighted by molar-refractivity contribution is 0.0933. The molecule has 1 saturated heterocycles. The molecule has 2 unspecified atom stereocenters. The Bertz CT molecular complexity index is 1060. The van der Waals surface area contributed by atoms with Gasteiger partial charge in [-0.2, -0.15) is 5.10 Å². The number of allylic oxidation sites excluding steroid dienone is 2. The molecule has 1 aromatic carbocycles. The zero-order chi connectivity index (χ0) is 36.3. The first kappa shape index (κ1) is 45.0. The summed E-state index contributed by atoms with van der Waals surface area (Å²) in [6.07, 6.45) is 18.2. The minimum atomic E-state index is 0.502. The van der Waals surface area contributed by atoms with E-state index in [2.05, 4.69) is 79.3 Å². The highest BCUT2D eigenvalue weighted by atomic mass is 16.5. The van der Waals surface area contributed by atoms with E-state index in [9.17, 15) is 0 Å². The van der Waals surface area contributed by atoms with Crippen molar-refractivity contribution < 1.29 is 9.47 Å². The molecule has 1 saturated carbocycles. The number of terminal acetylenes is 1. The number of amidine groups is 1. The van der Waals surface area contributed by atoms with E-state index in [-0.39, 0.29) is 0 Å². The van der Waals surface area contributed by atoms with Crippen molar-refractivity contribution in [1.82, 2.24) is 5.01 Å². The predicted octanol–water partition coefficient (Wildman–Crippen LogP) is 10.0. The van der Waals surface area contributed by atoms with Gasteiger partial charge >= 0.3 is 0 Å². The Balaban J connectivity index is 0.000000673. The van der Waals surface area contributed by atoms with Crippen LogP contribution in [0.5, 0.6) is 0 Å². The van der Waals surface area contributed by atoms with Crippen molar-refractivity contribution in [2.45, 2.75) is 132 Å². The van der Waals surface area contributed by atoms with Gasteiger partial charge in [0.25, 0.3) is 0 Å². The van der Waals surface area contributed by atoms with Crippen LogP contribution in [-0.4, -0.2) is 63.6 Å². The number of aliphatic imine (C=N–C) groups is 1. The first-order valence-electron chi connectivity index (χ1n) is 18.6. The van der Waals surface area contributed by atoms with E-state index >= 15 is 0 Å². The van der Waals surface area contributed by atoms with Gasteiger partial charge in [-0.25, -0.2) is 0 Å². The fraction of sp³-hybridized carbons (Fsp3) is 0.707. The van der Waals surface area contributed by atoms with Crippen molar-refractivity contribution in [3.8, 4) is 12.3 Å². The lowest BCUT2D eigenvalue weighted by Gasteiger charge is -2.23. The van der Waals surface area contributed by atoms with Crippen LogP contribution in [0.1, 0.15) is 138 Å². The lowest BCUT2D eigenvalue weighted by atomic mass is 9.84. The summed E-state index contributed by atoms with van der Waals surface area (Å²) in [5.41, 5.74) is 10.3. The zero-order valence-corrected chi connectivity index (χ0v) is 32.9. The van der Waals surface area contributed by atoms with E-state index < -0.39 is 0 Å². The molecule has 1 aromatic rings. The van der Waals surface area contributed by atoms with Crippen molar-refractivity contribution in [3.63, 3.8) is 0 Å². The normalized spacial score (nSPS) is 16.8. The van der Waals surface area contributed by atoms with Crippen LogP contribution in [0.4, 0.5) is 5.69 Å². The van der Waals surface area contributed by atoms with Gasteiger partial charge in [-0.1, -0.05) is 71.9 Å². The minimum Gasteiger partial charge on any atom is -0.493 e. The highest BCUT2D eigenvalue weighted by Crippen LogP contribution is 2.33. The second kappa shape index (κ2) is 27.9. The minimum absolute atomic E-state index is 0.502. The predicted molar refractivity (Wildman–Crippen MR) is 211 cm³/mol. The van der Waals surface area contributed by atoms with E-state index in [0.717, 1.165) is 54.7 Å². The zero-order valence-electron chi connectivity index (χ0n) is 32.9. The van der Waals surface area contributed by atoms with Gasteiger partial charge in [-0.05, 0) is 102 Å². The number of hydrazone groups is 1. The second-order valence-electron chi connectivity index (χ2n) is 13.2. The quantitative estimate of drug-likeness (QED) is 0.0534. The van der Waals surface area contributed by atoms with Crippen LogP contribution in [0.15, 0.2) is 45.8 Å². The number of nitrogens with two attached hydrogens (primary N) is 1. The molecule has 2 fully saturated rings. The molecule has 0 radical (unpaired) electrons. The molecule has 2 aliphatic rings. The molecule has 0 bridgehead atoms. The van der Waals surface area contributed by atoms with Crippen LogP contribution in [0, 0.1) is 24.2 Å². The van der Waals surface area contributed by atoms with Gasteiger partial charge in [-0.3, -0.25) is 10.0 Å². The van der Waals surface area contributed by atoms with E-state index in [1.165, 1.54) is 83.0 Å². The second-order valence-corrected chi connectivity index (χ2v) is 13.2. The number of rotatable bonds is 14. The largest absolute Gasteiger partial charge is 0.493 e. The number of hydrogen-bond acceptors (Lipinski definition) is 6. The highest BCUT2D eigenvalue weighted by molar-refractivity contribution is 5.96. The standard InChI is InChI=1S/C16H23N.C11H22N4O.C11H24O.C3H4/c1-2-6-14(7-3-1)15-8-10-16(11-9-15)17-12-4-5-13-17;1-7-13-8(2)11(16-6)9(3)15(5)14-10(4)12;1-5-10(3)7-8-12-9-11(4)6-2;1-3-2/h8-11,14H,1-7,12-13H2;7H2,1-6H3,(H2,12,14);10-11H,5-9H2,1-4H3;1H,2H3/b;11-9+,13-8?;;. The molecule has 0 amide bonds. The molecule has 0 aromatic heterocycles. The number of hydrogen-bond donors (Lipinski definition) is 1. The first-order chi connectivity index (χ1) is 23.0. The van der Waals surface area contributed by atoms with Crippen LogP contribution < -0.4 is 10.6 Å². The summed E-state index contributed by atoms with van der Waals surface area (Å²) in [5, 5.41) is 5.81. The molecule has 274 valence electrons. The number of benzene rings is 1. The maximum Gasteiger partial charge on any atom is 0.160 e. The monoisotopic (exact) mass is 668 g/mol. The third-order valence-electron chi connectivity index (χ3n) is 9.04. The van der Waals surface area contributed by atoms with Gasteiger partial charge in [0.1, 0.15) is 5.84 Å². The molecule has 7 heteroatoms. The van der Waals surface area contributed by atoms with Crippen molar-refractivity contribution in [2.24, 2.45) is 27.7 Å². The van der Waals surface area contributed by atoms with Gasteiger partial charge in [0.05, 0.1) is 18.5 Å². The summed E-state index contributed by atoms with van der Waals surface area (Å²) >= 11 is 0. The Hall–Kier alpha value is -2.98. The van der Waals surface area contributed by atoms with Gasteiger partial charge in [0, 0.05) is 45.6 Å². The third-order valence-corrected chi connectivity index (χ3v) is 9.04. The molecule has 0 spiro atoms. The SMILES string of the molecule is C#CC.CCC(C)CCOCC(C)CC.CCN=C(C)/C(OC)=C(/C)N(C)/N=C(/C)N.c1cc(N2CCCC2)ccc1C1CCCCC1. The summed E-state index contributed by atoms with van der Waals surface area (Å²) in [6, 6.07) is 9.44. The number of nitrogens with zero attached hydrogens (tertiary/aromatic N) is 4. The maximum atomic E-state index is 5.56. The average Bonchev–Trinajstić information content (AvgIpc) is 3.63. The van der Waals surface area contributed by atoms with E-state index in [1.54, 1.807) is 31.5 Å². The van der Waals surface area contributed by atoms with Crippen LogP contribution in [0.25, 0.3) is 0 Å². The van der Waals surface area contributed by atoms with Crippen LogP contribution in [0.2, 0.25) is 0 Å². The number of ether oxygens (including phenoxy) is 2. The van der Waals surface area contributed by atoms with Gasteiger partial charge in [0.2, 0.25) is 0 Å². The van der Waals surface area contributed by atoms with Crippen molar-refractivity contribution in [2.75, 3.05) is 51.9 Å². The summed E-state index contributed by atoms with van der Waals surface area (Å²) < 4.78 is 10.9. The number of anilines is 1. The first-order valence-corrected chi connectivity index (χ1v) is 18.6. The fourth-order valence-electron chi connectivity index (χ4n) is 5.58. The highest BCUT2D eigenvalue weighted by Gasteiger charge is 2.17. The Kier molecular flexibility index (Phi) is 26.2. The Labute approximate surface area is 296 Å². The lowest BCUT2D eigenvalue weighted by Crippen LogP contribution is -2.19. The molecule has 7 nitrogen and oxygen atoms in total. The van der Waals surface area contributed by atoms with E-state index in [1.807, 2.05) is 27.8 Å². The Morgan fingerprint density at radius 2 is 1.54 bits per heavy atom. The molecule has 1 aliphatic carbocycles. The van der Waals surface area contributed by atoms with Crippen molar-refractivity contribution in [1.29, 1.82) is 0 Å². The topological polar surface area (TPSA) is 75.7 Å². The summed E-state index contributed by atoms with van der Waals surface area (Å²) in [7, 11) is 3.45. The van der Waals surface area contributed by atoms with Crippen LogP contribution in [-0.2, 0) is 9.47 Å². The average molecular weight is 668 g/mol. The van der Waals surface area contributed by atoms with Crippen LogP contribution >= 0.6 is 0 Å². The molecule has 3 rings (SSSR count). The van der Waals surface area contributed by atoms with Gasteiger partial charge < -0.3 is 20.1 Å². The molecular formula is C41H73N5O2. The summed E-state index contributed by atoms with van der Waals surface area (Å²) in [5.74, 6) is 5.87. The third kappa shape index (κ3) is 19.7. The molecule has 1 aliphatic heterocycles. The van der Waals surface area contributed by atoms with Crippen LogP contribution in [0.3, 0.4) is 0 Å². The molecule has 2 N–H and O–H groups in total. The molecule has 48 heavy (non-hydrogen) atoms. The molecule has 1 heterocycles. The Morgan fingerprint density at radius 1 is 0.979 bits per heavy atom. The smallest absolute Gasteiger partial charge is 0.160 e. The molecule has 2 atom stereocenters.